The van der Waals surface area contributed by atoms with E-state index in [0.717, 1.165) is 12.1 Å². The van der Waals surface area contributed by atoms with E-state index in [2.05, 4.69) is 24.8 Å². The molecular formula is C11H12ClN5. The minimum absolute atomic E-state index is 0.435. The summed E-state index contributed by atoms with van der Waals surface area (Å²) in [4.78, 5) is 12.6. The third-order valence-electron chi connectivity index (χ3n) is 3.94. The number of nitrogens with one attached hydrogen (secondary N) is 1. The first-order chi connectivity index (χ1) is 8.33. The van der Waals surface area contributed by atoms with Crippen LogP contribution in [0, 0.1) is 0 Å². The van der Waals surface area contributed by atoms with Gasteiger partial charge in [-0.15, -0.1) is 0 Å². The monoisotopic (exact) mass is 249 g/mol. The number of hydrogen-bond donors (Lipinski definition) is 1. The lowest BCUT2D eigenvalue weighted by Crippen LogP contribution is -2.25. The molecule has 0 radical (unpaired) electrons. The summed E-state index contributed by atoms with van der Waals surface area (Å²) in [6.07, 6.45) is 7.05. The molecule has 4 rings (SSSR count). The molecule has 2 aromatic heterocycles. The molecule has 4 heterocycles. The van der Waals surface area contributed by atoms with Gasteiger partial charge in [0.15, 0.2) is 10.8 Å². The first kappa shape index (κ1) is 9.79. The molecule has 2 saturated heterocycles. The van der Waals surface area contributed by atoms with Crippen LogP contribution < -0.4 is 5.32 Å². The van der Waals surface area contributed by atoms with Crippen molar-refractivity contribution in [3.05, 3.63) is 17.8 Å². The zero-order chi connectivity index (χ0) is 11.4. The summed E-state index contributed by atoms with van der Waals surface area (Å²) < 4.78 is 2.15. The molecule has 0 aromatic carbocycles. The van der Waals surface area contributed by atoms with Crippen molar-refractivity contribution in [1.29, 1.82) is 0 Å². The van der Waals surface area contributed by atoms with E-state index >= 15 is 0 Å². The Bertz CT molecular complexity index is 580. The highest BCUT2D eigenvalue weighted by molar-refractivity contribution is 6.33. The standard InChI is InChI=1S/C11H12ClN5/c12-10-9-11(14-4-13-10)17(5-15-9)8-3-6-1-2-7(8)16-6/h4-8,16H,1-3H2/t6-,7+,8-/m0/s1. The summed E-state index contributed by atoms with van der Waals surface area (Å²) in [5.74, 6) is 0. The van der Waals surface area contributed by atoms with Crippen molar-refractivity contribution < 1.29 is 0 Å². The van der Waals surface area contributed by atoms with Crippen LogP contribution in [0.3, 0.4) is 0 Å². The molecule has 2 bridgehead atoms. The Kier molecular flexibility index (Phi) is 1.96. The maximum absolute atomic E-state index is 6.01. The second kappa shape index (κ2) is 3.40. The van der Waals surface area contributed by atoms with Crippen molar-refractivity contribution in [2.24, 2.45) is 0 Å². The second-order valence-electron chi connectivity index (χ2n) is 4.84. The van der Waals surface area contributed by atoms with Gasteiger partial charge < -0.3 is 9.88 Å². The molecular weight excluding hydrogens is 238 g/mol. The lowest BCUT2D eigenvalue weighted by atomic mass is 9.95. The number of hydrogen-bond acceptors (Lipinski definition) is 4. The van der Waals surface area contributed by atoms with Gasteiger partial charge in [0.05, 0.1) is 12.4 Å². The maximum Gasteiger partial charge on any atom is 0.165 e. The summed E-state index contributed by atoms with van der Waals surface area (Å²) in [5.41, 5.74) is 1.56. The minimum Gasteiger partial charge on any atom is -0.310 e. The second-order valence-corrected chi connectivity index (χ2v) is 5.20. The lowest BCUT2D eigenvalue weighted by molar-refractivity contribution is 0.403. The maximum atomic E-state index is 6.01. The largest absolute Gasteiger partial charge is 0.310 e. The van der Waals surface area contributed by atoms with Crippen LogP contribution in [0.5, 0.6) is 0 Å². The fourth-order valence-corrected chi connectivity index (χ4v) is 3.35. The molecule has 5 nitrogen and oxygen atoms in total. The van der Waals surface area contributed by atoms with E-state index in [0.29, 0.717) is 28.8 Å². The highest BCUT2D eigenvalue weighted by atomic mass is 35.5. The number of nitrogens with zero attached hydrogens (tertiary/aromatic N) is 4. The summed E-state index contributed by atoms with van der Waals surface area (Å²) in [5, 5.41) is 4.06. The third kappa shape index (κ3) is 1.32. The third-order valence-corrected chi connectivity index (χ3v) is 4.21. The predicted octanol–water partition coefficient (Wildman–Crippen LogP) is 1.55. The Balaban J connectivity index is 1.84. The zero-order valence-electron chi connectivity index (χ0n) is 9.17. The molecule has 6 heteroatoms. The van der Waals surface area contributed by atoms with Crippen LogP contribution in [0.2, 0.25) is 5.15 Å². The summed E-state index contributed by atoms with van der Waals surface area (Å²) >= 11 is 6.01. The average molecular weight is 250 g/mol. The van der Waals surface area contributed by atoms with E-state index in [-0.39, 0.29) is 0 Å². The SMILES string of the molecule is Clc1ncnc2c1ncn2[C@H]1C[C@@H]2CC[C@H]1N2. The fourth-order valence-electron chi connectivity index (χ4n) is 3.17. The topological polar surface area (TPSA) is 55.6 Å². The molecule has 88 valence electrons. The van der Waals surface area contributed by atoms with Crippen LogP contribution in [0.15, 0.2) is 12.7 Å². The fraction of sp³-hybridized carbons (Fsp3) is 0.545. The molecule has 0 aliphatic carbocycles. The van der Waals surface area contributed by atoms with E-state index in [4.69, 9.17) is 11.6 Å². The van der Waals surface area contributed by atoms with E-state index in [1.165, 1.54) is 19.2 Å². The lowest BCUT2D eigenvalue weighted by Gasteiger charge is -2.21. The van der Waals surface area contributed by atoms with Gasteiger partial charge in [0, 0.05) is 12.1 Å². The average Bonchev–Trinajstić information content (AvgIpc) is 3.03. The van der Waals surface area contributed by atoms with Gasteiger partial charge in [-0.25, -0.2) is 15.0 Å². The molecule has 3 atom stereocenters. The Morgan fingerprint density at radius 1 is 1.29 bits per heavy atom. The Labute approximate surface area is 103 Å². The van der Waals surface area contributed by atoms with Crippen LogP contribution in [0.1, 0.15) is 25.3 Å². The molecule has 0 saturated carbocycles. The van der Waals surface area contributed by atoms with Crippen molar-refractivity contribution in [1.82, 2.24) is 24.8 Å². The number of rotatable bonds is 1. The molecule has 0 spiro atoms. The van der Waals surface area contributed by atoms with Crippen LogP contribution in [-0.4, -0.2) is 31.6 Å². The normalized spacial score (nSPS) is 31.5. The predicted molar refractivity (Wildman–Crippen MR) is 63.9 cm³/mol. The minimum atomic E-state index is 0.435. The van der Waals surface area contributed by atoms with Crippen molar-refractivity contribution in [3.8, 4) is 0 Å². The number of halogens is 1. The Hall–Kier alpha value is -1.20. The van der Waals surface area contributed by atoms with E-state index in [1.54, 1.807) is 0 Å². The molecule has 0 unspecified atom stereocenters. The van der Waals surface area contributed by atoms with Gasteiger partial charge in [-0.2, -0.15) is 0 Å². The Morgan fingerprint density at radius 3 is 3.00 bits per heavy atom. The van der Waals surface area contributed by atoms with E-state index in [9.17, 15) is 0 Å². The molecule has 2 fully saturated rings. The van der Waals surface area contributed by atoms with E-state index < -0.39 is 0 Å². The van der Waals surface area contributed by atoms with Crippen molar-refractivity contribution in [2.45, 2.75) is 37.4 Å². The van der Waals surface area contributed by atoms with Gasteiger partial charge in [0.1, 0.15) is 11.8 Å². The van der Waals surface area contributed by atoms with Crippen LogP contribution in [0.25, 0.3) is 11.2 Å². The van der Waals surface area contributed by atoms with Gasteiger partial charge in [-0.1, -0.05) is 11.6 Å². The van der Waals surface area contributed by atoms with Gasteiger partial charge in [0.2, 0.25) is 0 Å². The highest BCUT2D eigenvalue weighted by Crippen LogP contribution is 2.37. The first-order valence-corrected chi connectivity index (χ1v) is 6.30. The molecule has 1 N–H and O–H groups in total. The number of imidazole rings is 1. The van der Waals surface area contributed by atoms with Crippen molar-refractivity contribution >= 4 is 22.8 Å². The van der Waals surface area contributed by atoms with Crippen LogP contribution >= 0.6 is 11.6 Å². The summed E-state index contributed by atoms with van der Waals surface area (Å²) in [6.45, 7) is 0. The van der Waals surface area contributed by atoms with Gasteiger partial charge in [-0.05, 0) is 19.3 Å². The van der Waals surface area contributed by atoms with Gasteiger partial charge in [0.25, 0.3) is 0 Å². The molecule has 2 aliphatic heterocycles. The molecule has 2 aliphatic rings. The van der Waals surface area contributed by atoms with Crippen molar-refractivity contribution in [2.75, 3.05) is 0 Å². The van der Waals surface area contributed by atoms with E-state index in [1.807, 2.05) is 6.33 Å². The number of fused-ring (bicyclic) bond motifs is 3. The number of aromatic nitrogens is 4. The first-order valence-electron chi connectivity index (χ1n) is 5.92. The summed E-state index contributed by atoms with van der Waals surface area (Å²) in [7, 11) is 0. The molecule has 0 amide bonds. The smallest absolute Gasteiger partial charge is 0.165 e. The van der Waals surface area contributed by atoms with Crippen LogP contribution in [0.4, 0.5) is 0 Å². The quantitative estimate of drug-likeness (QED) is 0.779. The highest BCUT2D eigenvalue weighted by Gasteiger charge is 2.40. The van der Waals surface area contributed by atoms with Gasteiger partial charge in [-0.3, -0.25) is 0 Å². The Morgan fingerprint density at radius 2 is 2.24 bits per heavy atom. The molecule has 2 aromatic rings. The molecule has 17 heavy (non-hydrogen) atoms. The van der Waals surface area contributed by atoms with Gasteiger partial charge >= 0.3 is 0 Å². The summed E-state index contributed by atoms with van der Waals surface area (Å²) in [6, 6.07) is 1.69. The van der Waals surface area contributed by atoms with Crippen LogP contribution in [-0.2, 0) is 0 Å². The van der Waals surface area contributed by atoms with Crippen molar-refractivity contribution in [3.63, 3.8) is 0 Å². The zero-order valence-corrected chi connectivity index (χ0v) is 9.93.